The van der Waals surface area contributed by atoms with E-state index < -0.39 is 0 Å². The largest absolute Gasteiger partial charge is 0.508 e. The predicted molar refractivity (Wildman–Crippen MR) is 76.2 cm³/mol. The van der Waals surface area contributed by atoms with E-state index in [9.17, 15) is 5.11 Å². The van der Waals surface area contributed by atoms with E-state index in [0.29, 0.717) is 6.61 Å². The van der Waals surface area contributed by atoms with Gasteiger partial charge in [-0.1, -0.05) is 24.3 Å². The number of ether oxygens (including phenoxy) is 1. The third kappa shape index (κ3) is 3.48. The molecule has 0 unspecified atom stereocenters. The maximum Gasteiger partial charge on any atom is 0.122 e. The lowest BCUT2D eigenvalue weighted by molar-refractivity contribution is 0.304. The molecule has 0 bridgehead atoms. The van der Waals surface area contributed by atoms with E-state index in [2.05, 4.69) is 6.07 Å². The molecule has 0 aliphatic rings. The van der Waals surface area contributed by atoms with Gasteiger partial charge in [0.1, 0.15) is 18.1 Å². The van der Waals surface area contributed by atoms with Gasteiger partial charge >= 0.3 is 0 Å². The van der Waals surface area contributed by atoms with Gasteiger partial charge in [-0.3, -0.25) is 0 Å². The molecule has 0 spiro atoms. The first kappa shape index (κ1) is 13.4. The van der Waals surface area contributed by atoms with Crippen LogP contribution in [0.5, 0.6) is 11.5 Å². The van der Waals surface area contributed by atoms with Crippen molar-refractivity contribution in [3.8, 4) is 11.5 Å². The second-order valence-corrected chi connectivity index (χ2v) is 4.77. The summed E-state index contributed by atoms with van der Waals surface area (Å²) in [6, 6.07) is 13.0. The van der Waals surface area contributed by atoms with Gasteiger partial charge < -0.3 is 15.6 Å². The van der Waals surface area contributed by atoms with Crippen molar-refractivity contribution in [1.82, 2.24) is 0 Å². The number of aromatic hydroxyl groups is 1. The van der Waals surface area contributed by atoms with Gasteiger partial charge in [0.2, 0.25) is 0 Å². The van der Waals surface area contributed by atoms with Crippen LogP contribution in [0.25, 0.3) is 0 Å². The van der Waals surface area contributed by atoms with Gasteiger partial charge in [0.25, 0.3) is 0 Å². The number of nitrogens with two attached hydrogens (primary N) is 1. The Morgan fingerprint density at radius 1 is 1.16 bits per heavy atom. The van der Waals surface area contributed by atoms with Crippen LogP contribution in [0.3, 0.4) is 0 Å². The van der Waals surface area contributed by atoms with Gasteiger partial charge in [-0.2, -0.15) is 0 Å². The van der Waals surface area contributed by atoms with Crippen LogP contribution in [0.4, 0.5) is 0 Å². The van der Waals surface area contributed by atoms with Crippen LogP contribution in [-0.4, -0.2) is 5.11 Å². The summed E-state index contributed by atoms with van der Waals surface area (Å²) in [4.78, 5) is 0. The van der Waals surface area contributed by atoms with Crippen molar-refractivity contribution in [2.24, 2.45) is 5.73 Å². The van der Waals surface area contributed by atoms with E-state index in [0.717, 1.165) is 22.4 Å². The predicted octanol–water partition coefficient (Wildman–Crippen LogP) is 3.30. The number of hydrogen-bond donors (Lipinski definition) is 2. The highest BCUT2D eigenvalue weighted by atomic mass is 16.5. The summed E-state index contributed by atoms with van der Waals surface area (Å²) in [6.07, 6.45) is 0. The molecular formula is C16H19NO2. The van der Waals surface area contributed by atoms with Crippen molar-refractivity contribution in [2.45, 2.75) is 26.5 Å². The van der Waals surface area contributed by atoms with Crippen molar-refractivity contribution in [1.29, 1.82) is 0 Å². The van der Waals surface area contributed by atoms with E-state index in [1.807, 2.05) is 38.1 Å². The third-order valence-corrected chi connectivity index (χ3v) is 3.06. The number of hydrogen-bond acceptors (Lipinski definition) is 3. The average molecular weight is 257 g/mol. The second kappa shape index (κ2) is 5.76. The Bertz CT molecular complexity index is 547. The summed E-state index contributed by atoms with van der Waals surface area (Å²) in [5, 5.41) is 9.22. The van der Waals surface area contributed by atoms with E-state index in [4.69, 9.17) is 10.5 Å². The normalized spacial score (nSPS) is 12.2. The number of rotatable bonds is 4. The van der Waals surface area contributed by atoms with Crippen LogP contribution < -0.4 is 10.5 Å². The van der Waals surface area contributed by atoms with Gasteiger partial charge in [0.05, 0.1) is 0 Å². The second-order valence-electron chi connectivity index (χ2n) is 4.77. The zero-order chi connectivity index (χ0) is 13.8. The van der Waals surface area contributed by atoms with Crippen LogP contribution in [-0.2, 0) is 6.61 Å². The Hall–Kier alpha value is -2.00. The van der Waals surface area contributed by atoms with Crippen molar-refractivity contribution in [3.63, 3.8) is 0 Å². The first-order chi connectivity index (χ1) is 9.06. The molecule has 0 fully saturated rings. The van der Waals surface area contributed by atoms with Crippen molar-refractivity contribution >= 4 is 0 Å². The highest BCUT2D eigenvalue weighted by Crippen LogP contribution is 2.23. The summed E-state index contributed by atoms with van der Waals surface area (Å²) in [5.74, 6) is 1.12. The number of aryl methyl sites for hydroxylation is 1. The first-order valence-electron chi connectivity index (χ1n) is 6.33. The Morgan fingerprint density at radius 3 is 2.42 bits per heavy atom. The lowest BCUT2D eigenvalue weighted by atomic mass is 10.1. The SMILES string of the molecule is Cc1cc([C@H](C)N)ccc1OCc1ccc(O)cc1. The smallest absolute Gasteiger partial charge is 0.122 e. The molecule has 2 rings (SSSR count). The van der Waals surface area contributed by atoms with Gasteiger partial charge in [0.15, 0.2) is 0 Å². The summed E-state index contributed by atoms with van der Waals surface area (Å²) in [5.41, 5.74) is 9.05. The number of phenols is 1. The van der Waals surface area contributed by atoms with Gasteiger partial charge in [-0.05, 0) is 48.7 Å². The Balaban J connectivity index is 2.05. The fourth-order valence-electron chi connectivity index (χ4n) is 1.87. The number of phenolic OH excluding ortho intramolecular Hbond substituents is 1. The molecule has 0 aromatic heterocycles. The lowest BCUT2D eigenvalue weighted by Crippen LogP contribution is -2.05. The fraction of sp³-hybridized carbons (Fsp3) is 0.250. The molecule has 0 aliphatic carbocycles. The van der Waals surface area contributed by atoms with Gasteiger partial charge in [-0.25, -0.2) is 0 Å². The van der Waals surface area contributed by atoms with Crippen LogP contribution >= 0.6 is 0 Å². The molecule has 0 radical (unpaired) electrons. The van der Waals surface area contributed by atoms with E-state index in [-0.39, 0.29) is 11.8 Å². The lowest BCUT2D eigenvalue weighted by Gasteiger charge is -2.12. The molecule has 0 amide bonds. The van der Waals surface area contributed by atoms with Gasteiger partial charge in [-0.15, -0.1) is 0 Å². The zero-order valence-electron chi connectivity index (χ0n) is 11.3. The van der Waals surface area contributed by atoms with Crippen molar-refractivity contribution in [3.05, 3.63) is 59.2 Å². The molecule has 2 aromatic carbocycles. The molecule has 0 aliphatic heterocycles. The molecule has 19 heavy (non-hydrogen) atoms. The molecular weight excluding hydrogens is 238 g/mol. The zero-order valence-corrected chi connectivity index (χ0v) is 11.3. The molecule has 3 N–H and O–H groups in total. The van der Waals surface area contributed by atoms with Crippen LogP contribution in [0.2, 0.25) is 0 Å². The topological polar surface area (TPSA) is 55.5 Å². The van der Waals surface area contributed by atoms with E-state index in [1.54, 1.807) is 12.1 Å². The Morgan fingerprint density at radius 2 is 1.84 bits per heavy atom. The average Bonchev–Trinajstić information content (AvgIpc) is 2.39. The minimum atomic E-state index is 0.0323. The molecule has 0 saturated heterocycles. The minimum Gasteiger partial charge on any atom is -0.508 e. The molecule has 3 heteroatoms. The quantitative estimate of drug-likeness (QED) is 0.883. The molecule has 0 heterocycles. The Kier molecular flexibility index (Phi) is 4.07. The summed E-state index contributed by atoms with van der Waals surface area (Å²) in [6.45, 7) is 4.46. The maximum atomic E-state index is 9.22. The Labute approximate surface area is 113 Å². The summed E-state index contributed by atoms with van der Waals surface area (Å²) >= 11 is 0. The highest BCUT2D eigenvalue weighted by Gasteiger charge is 2.04. The van der Waals surface area contributed by atoms with E-state index in [1.165, 1.54) is 0 Å². The fourth-order valence-corrected chi connectivity index (χ4v) is 1.87. The number of benzene rings is 2. The summed E-state index contributed by atoms with van der Waals surface area (Å²) in [7, 11) is 0. The van der Waals surface area contributed by atoms with Crippen molar-refractivity contribution < 1.29 is 9.84 Å². The first-order valence-corrected chi connectivity index (χ1v) is 6.33. The molecule has 3 nitrogen and oxygen atoms in total. The summed E-state index contributed by atoms with van der Waals surface area (Å²) < 4.78 is 5.77. The monoisotopic (exact) mass is 257 g/mol. The standard InChI is InChI=1S/C16H19NO2/c1-11-9-14(12(2)17)5-8-16(11)19-10-13-3-6-15(18)7-4-13/h3-9,12,18H,10,17H2,1-2H3/t12-/m0/s1. The minimum absolute atomic E-state index is 0.0323. The van der Waals surface area contributed by atoms with Crippen molar-refractivity contribution in [2.75, 3.05) is 0 Å². The molecule has 0 saturated carbocycles. The van der Waals surface area contributed by atoms with Crippen LogP contribution in [0.1, 0.15) is 29.7 Å². The van der Waals surface area contributed by atoms with Crippen LogP contribution in [0.15, 0.2) is 42.5 Å². The molecule has 2 aromatic rings. The van der Waals surface area contributed by atoms with Crippen LogP contribution in [0, 0.1) is 6.92 Å². The van der Waals surface area contributed by atoms with E-state index >= 15 is 0 Å². The highest BCUT2D eigenvalue weighted by molar-refractivity contribution is 5.37. The maximum absolute atomic E-state index is 9.22. The molecule has 100 valence electrons. The van der Waals surface area contributed by atoms with Gasteiger partial charge in [0, 0.05) is 6.04 Å². The third-order valence-electron chi connectivity index (χ3n) is 3.06. The molecule has 1 atom stereocenters.